The molecule has 0 aliphatic heterocycles. The Bertz CT molecular complexity index is 1640. The van der Waals surface area contributed by atoms with E-state index in [0.29, 0.717) is 25.7 Å². The molecule has 0 aliphatic rings. The fraction of sp³-hybridized carbons (Fsp3) is 0.938. The molecule has 0 saturated heterocycles. The number of phosphoric acid groups is 2. The molecule has 0 saturated carbocycles. The van der Waals surface area contributed by atoms with Gasteiger partial charge < -0.3 is 33.8 Å². The van der Waals surface area contributed by atoms with Crippen LogP contribution >= 0.6 is 15.6 Å². The molecule has 19 heteroatoms. The van der Waals surface area contributed by atoms with E-state index in [1.807, 2.05) is 0 Å². The SMILES string of the molecule is CCCCCCCCCCCCCCC(=O)OC[C@H](COP(=O)(O)OC[C@@H](O)COP(=O)(O)OC[C@@H](COC(=O)CCCCCCCCCC)OC(=O)CCCCCCCCCCCC)OC(=O)CCCCCCCCCCCCCC(C)C. The lowest BCUT2D eigenvalue weighted by molar-refractivity contribution is -0.161. The minimum Gasteiger partial charge on any atom is -0.462 e. The van der Waals surface area contributed by atoms with E-state index in [4.69, 9.17) is 37.0 Å². The van der Waals surface area contributed by atoms with Gasteiger partial charge >= 0.3 is 39.5 Å². The van der Waals surface area contributed by atoms with Crippen molar-refractivity contribution in [1.82, 2.24) is 0 Å². The van der Waals surface area contributed by atoms with Crippen molar-refractivity contribution in [3.05, 3.63) is 0 Å². The molecule has 0 heterocycles. The van der Waals surface area contributed by atoms with E-state index >= 15 is 0 Å². The Morgan fingerprint density at radius 2 is 0.548 bits per heavy atom. The standard InChI is InChI=1S/C65H126O17P2/c1-6-9-12-15-18-21-23-26-30-34-39-44-49-63(68)76-55-61(82-65(70)51-46-41-36-31-27-24-25-28-32-37-42-47-58(4)5)57-80-84(73,74)78-53-59(66)52-77-83(71,72)79-56-60(54-75-62(67)48-43-38-33-20-17-14-11-8-3)81-64(69)50-45-40-35-29-22-19-16-13-10-7-2/h58-61,66H,6-57H2,1-5H3,(H,71,72)(H,73,74)/t59-,60+,61+/m0/s1. The Kier molecular flexibility index (Phi) is 57.4. The highest BCUT2D eigenvalue weighted by molar-refractivity contribution is 7.47. The van der Waals surface area contributed by atoms with Crippen molar-refractivity contribution in [2.24, 2.45) is 5.92 Å². The van der Waals surface area contributed by atoms with Crippen LogP contribution in [0.5, 0.6) is 0 Å². The number of ether oxygens (including phenoxy) is 4. The predicted molar refractivity (Wildman–Crippen MR) is 335 cm³/mol. The van der Waals surface area contributed by atoms with E-state index in [2.05, 4.69) is 34.6 Å². The van der Waals surface area contributed by atoms with E-state index < -0.39 is 97.5 Å². The third kappa shape index (κ3) is 59.0. The van der Waals surface area contributed by atoms with E-state index in [1.165, 1.54) is 148 Å². The zero-order valence-electron chi connectivity index (χ0n) is 54.0. The maximum absolute atomic E-state index is 13.0. The van der Waals surface area contributed by atoms with Gasteiger partial charge in [-0.05, 0) is 31.6 Å². The van der Waals surface area contributed by atoms with Gasteiger partial charge in [0.2, 0.25) is 0 Å². The zero-order chi connectivity index (χ0) is 62.0. The molecule has 3 N–H and O–H groups in total. The second-order valence-corrected chi connectivity index (χ2v) is 26.9. The predicted octanol–water partition coefficient (Wildman–Crippen LogP) is 18.2. The molecule has 0 aliphatic carbocycles. The van der Waals surface area contributed by atoms with Crippen molar-refractivity contribution < 1.29 is 80.2 Å². The molecule has 2 unspecified atom stereocenters. The average molecular weight is 1240 g/mol. The van der Waals surface area contributed by atoms with Crippen molar-refractivity contribution in [3.8, 4) is 0 Å². The van der Waals surface area contributed by atoms with E-state index in [0.717, 1.165) is 102 Å². The molecule has 0 aromatic heterocycles. The van der Waals surface area contributed by atoms with E-state index in [-0.39, 0.29) is 25.7 Å². The molecule has 84 heavy (non-hydrogen) atoms. The molecule has 0 bridgehead atoms. The first kappa shape index (κ1) is 82.1. The van der Waals surface area contributed by atoms with Crippen LogP contribution in [0, 0.1) is 5.92 Å². The van der Waals surface area contributed by atoms with Crippen LogP contribution in [0.4, 0.5) is 0 Å². The summed E-state index contributed by atoms with van der Waals surface area (Å²) >= 11 is 0. The van der Waals surface area contributed by atoms with Crippen molar-refractivity contribution in [3.63, 3.8) is 0 Å². The second kappa shape index (κ2) is 58.7. The number of carbonyl (C=O) groups is 4. The first-order valence-corrected chi connectivity index (χ1v) is 37.1. The summed E-state index contributed by atoms with van der Waals surface area (Å²) in [5.74, 6) is -1.37. The molecule has 0 radical (unpaired) electrons. The van der Waals surface area contributed by atoms with Crippen LogP contribution in [0.25, 0.3) is 0 Å². The van der Waals surface area contributed by atoms with Gasteiger partial charge in [-0.3, -0.25) is 37.3 Å². The number of rotatable bonds is 65. The molecular formula is C65H126O17P2. The third-order valence-corrected chi connectivity index (χ3v) is 16.9. The quantitative estimate of drug-likeness (QED) is 0.0222. The fourth-order valence-electron chi connectivity index (χ4n) is 9.76. The summed E-state index contributed by atoms with van der Waals surface area (Å²) in [5.41, 5.74) is 0. The van der Waals surface area contributed by atoms with Gasteiger partial charge in [0.15, 0.2) is 12.2 Å². The number of phosphoric ester groups is 2. The molecule has 0 aromatic rings. The average Bonchev–Trinajstić information content (AvgIpc) is 3.49. The molecule has 0 aromatic carbocycles. The van der Waals surface area contributed by atoms with Crippen molar-refractivity contribution in [2.45, 2.75) is 348 Å². The van der Waals surface area contributed by atoms with Crippen LogP contribution < -0.4 is 0 Å². The Morgan fingerprint density at radius 3 is 0.810 bits per heavy atom. The topological polar surface area (TPSA) is 237 Å². The van der Waals surface area contributed by atoms with Crippen LogP contribution in [0.1, 0.15) is 330 Å². The van der Waals surface area contributed by atoms with Crippen molar-refractivity contribution >= 4 is 39.5 Å². The minimum atomic E-state index is -4.94. The highest BCUT2D eigenvalue weighted by Gasteiger charge is 2.30. The van der Waals surface area contributed by atoms with Gasteiger partial charge in [-0.2, -0.15) is 0 Å². The van der Waals surface area contributed by atoms with Crippen LogP contribution in [0.2, 0.25) is 0 Å². The van der Waals surface area contributed by atoms with Crippen LogP contribution in [-0.4, -0.2) is 96.7 Å². The Hall–Kier alpha value is -1.94. The Balaban J connectivity index is 5.22. The fourth-order valence-corrected chi connectivity index (χ4v) is 11.3. The molecule has 498 valence electrons. The zero-order valence-corrected chi connectivity index (χ0v) is 55.8. The number of aliphatic hydroxyl groups is 1. The van der Waals surface area contributed by atoms with Gasteiger partial charge in [-0.1, -0.05) is 279 Å². The largest absolute Gasteiger partial charge is 0.472 e. The summed E-state index contributed by atoms with van der Waals surface area (Å²) in [6, 6.07) is 0. The summed E-state index contributed by atoms with van der Waals surface area (Å²) in [7, 11) is -9.88. The maximum atomic E-state index is 13.0. The van der Waals surface area contributed by atoms with Gasteiger partial charge in [0.1, 0.15) is 19.3 Å². The lowest BCUT2D eigenvalue weighted by atomic mass is 10.0. The van der Waals surface area contributed by atoms with Crippen LogP contribution in [-0.2, 0) is 65.4 Å². The maximum Gasteiger partial charge on any atom is 0.472 e. The molecule has 0 amide bonds. The monoisotopic (exact) mass is 1240 g/mol. The summed E-state index contributed by atoms with van der Waals surface area (Å²) in [4.78, 5) is 72.2. The number of hydrogen-bond donors (Lipinski definition) is 3. The second-order valence-electron chi connectivity index (χ2n) is 24.0. The van der Waals surface area contributed by atoms with Crippen molar-refractivity contribution in [2.75, 3.05) is 39.6 Å². The van der Waals surface area contributed by atoms with E-state index in [1.54, 1.807) is 0 Å². The van der Waals surface area contributed by atoms with Crippen LogP contribution in [0.3, 0.4) is 0 Å². The highest BCUT2D eigenvalue weighted by atomic mass is 31.2. The summed E-state index contributed by atoms with van der Waals surface area (Å²) in [6.45, 7) is 7.17. The lowest BCUT2D eigenvalue weighted by Gasteiger charge is -2.21. The normalized spacial score (nSPS) is 14.2. The molecule has 0 rings (SSSR count). The van der Waals surface area contributed by atoms with Gasteiger partial charge in [0, 0.05) is 25.7 Å². The molecule has 17 nitrogen and oxygen atoms in total. The molecule has 0 spiro atoms. The summed E-state index contributed by atoms with van der Waals surface area (Å²) in [6.07, 6.45) is 43.0. The number of unbranched alkanes of at least 4 members (excludes halogenated alkanes) is 37. The van der Waals surface area contributed by atoms with Crippen LogP contribution in [0.15, 0.2) is 0 Å². The smallest absolute Gasteiger partial charge is 0.462 e. The number of esters is 4. The minimum absolute atomic E-state index is 0.106. The Morgan fingerprint density at radius 1 is 0.321 bits per heavy atom. The molecular weight excluding hydrogens is 1110 g/mol. The van der Waals surface area contributed by atoms with Crippen molar-refractivity contribution in [1.29, 1.82) is 0 Å². The first-order valence-electron chi connectivity index (χ1n) is 34.1. The molecule has 0 fully saturated rings. The Labute approximate surface area is 511 Å². The first-order chi connectivity index (χ1) is 40.5. The number of carbonyl (C=O) groups excluding carboxylic acids is 4. The summed E-state index contributed by atoms with van der Waals surface area (Å²) < 4.78 is 68.0. The third-order valence-electron chi connectivity index (χ3n) is 15.0. The van der Waals surface area contributed by atoms with Gasteiger partial charge in [-0.15, -0.1) is 0 Å². The number of aliphatic hydroxyl groups excluding tert-OH is 1. The van der Waals surface area contributed by atoms with Gasteiger partial charge in [0.05, 0.1) is 26.4 Å². The highest BCUT2D eigenvalue weighted by Crippen LogP contribution is 2.45. The lowest BCUT2D eigenvalue weighted by Crippen LogP contribution is -2.30. The summed E-state index contributed by atoms with van der Waals surface area (Å²) in [5, 5.41) is 10.5. The van der Waals surface area contributed by atoms with E-state index in [9.17, 15) is 43.2 Å². The van der Waals surface area contributed by atoms with Gasteiger partial charge in [0.25, 0.3) is 0 Å². The van der Waals surface area contributed by atoms with Gasteiger partial charge in [-0.25, -0.2) is 9.13 Å². The molecule has 5 atom stereocenters. The number of hydrogen-bond acceptors (Lipinski definition) is 15.